The number of aldehydes is 1. The standard InChI is InChI=1S/C8H16N2OS.C5H10FN/c1-8(9-4-7-11)2-5-10(12)6-3-8;1-7-3-2-5(6)4-7/h7,9,12H,2-6H2,1H3;5H,2-4H2,1H3. The van der Waals surface area contributed by atoms with Crippen LogP contribution in [-0.4, -0.2) is 67.0 Å². The first-order valence-electron chi connectivity index (χ1n) is 6.90. The molecule has 2 heterocycles. The van der Waals surface area contributed by atoms with Gasteiger partial charge in [-0.3, -0.25) is 4.31 Å². The van der Waals surface area contributed by atoms with Crippen molar-refractivity contribution < 1.29 is 9.18 Å². The number of likely N-dealkylation sites (tertiary alicyclic amines) is 1. The quantitative estimate of drug-likeness (QED) is 0.604. The van der Waals surface area contributed by atoms with E-state index >= 15 is 0 Å². The average molecular weight is 291 g/mol. The van der Waals surface area contributed by atoms with E-state index < -0.39 is 6.17 Å². The van der Waals surface area contributed by atoms with Crippen LogP contribution in [0.3, 0.4) is 0 Å². The Morgan fingerprint density at radius 2 is 2.05 bits per heavy atom. The molecule has 0 aromatic rings. The molecule has 4 nitrogen and oxygen atoms in total. The maximum Gasteiger partial charge on any atom is 0.133 e. The lowest BCUT2D eigenvalue weighted by atomic mass is 9.91. The fourth-order valence-electron chi connectivity index (χ4n) is 2.33. The highest BCUT2D eigenvalue weighted by Gasteiger charge is 2.27. The zero-order valence-electron chi connectivity index (χ0n) is 11.9. The van der Waals surface area contributed by atoms with Crippen LogP contribution in [0.1, 0.15) is 26.2 Å². The predicted molar refractivity (Wildman–Crippen MR) is 79.3 cm³/mol. The first-order valence-corrected chi connectivity index (χ1v) is 7.30. The van der Waals surface area contributed by atoms with E-state index in [-0.39, 0.29) is 5.54 Å². The molecular weight excluding hydrogens is 265 g/mol. The highest BCUT2D eigenvalue weighted by molar-refractivity contribution is 7.77. The monoisotopic (exact) mass is 291 g/mol. The second kappa shape index (κ2) is 8.19. The van der Waals surface area contributed by atoms with Crippen molar-refractivity contribution in [1.29, 1.82) is 0 Å². The van der Waals surface area contributed by atoms with Crippen molar-refractivity contribution in [3.05, 3.63) is 0 Å². The van der Waals surface area contributed by atoms with Gasteiger partial charge < -0.3 is 15.0 Å². The van der Waals surface area contributed by atoms with Crippen LogP contribution in [0.2, 0.25) is 0 Å². The summed E-state index contributed by atoms with van der Waals surface area (Å²) in [6, 6.07) is 0. The van der Waals surface area contributed by atoms with Crippen molar-refractivity contribution in [2.24, 2.45) is 0 Å². The molecule has 0 saturated carbocycles. The molecule has 2 fully saturated rings. The fourth-order valence-corrected chi connectivity index (χ4v) is 2.53. The smallest absolute Gasteiger partial charge is 0.133 e. The topological polar surface area (TPSA) is 35.6 Å². The first-order chi connectivity index (χ1) is 8.95. The molecule has 0 spiro atoms. The molecule has 1 atom stereocenters. The van der Waals surface area contributed by atoms with Crippen LogP contribution in [0.25, 0.3) is 0 Å². The van der Waals surface area contributed by atoms with Crippen LogP contribution >= 0.6 is 12.8 Å². The summed E-state index contributed by atoms with van der Waals surface area (Å²) >= 11 is 4.27. The third-order valence-corrected chi connectivity index (χ3v) is 4.19. The zero-order chi connectivity index (χ0) is 14.3. The molecule has 2 rings (SSSR count). The van der Waals surface area contributed by atoms with Crippen molar-refractivity contribution >= 4 is 19.1 Å². The van der Waals surface area contributed by atoms with Gasteiger partial charge in [0.2, 0.25) is 0 Å². The van der Waals surface area contributed by atoms with Crippen LogP contribution < -0.4 is 5.32 Å². The lowest BCUT2D eigenvalue weighted by Crippen LogP contribution is -2.50. The molecule has 0 aromatic heterocycles. The van der Waals surface area contributed by atoms with Crippen molar-refractivity contribution in [1.82, 2.24) is 14.5 Å². The van der Waals surface area contributed by atoms with Gasteiger partial charge >= 0.3 is 0 Å². The summed E-state index contributed by atoms with van der Waals surface area (Å²) < 4.78 is 14.2. The number of piperidine rings is 1. The van der Waals surface area contributed by atoms with E-state index in [1.165, 1.54) is 0 Å². The molecule has 0 bridgehead atoms. The predicted octanol–water partition coefficient (Wildman–Crippen LogP) is 1.13. The number of carbonyl (C=O) groups excluding carboxylic acids is 1. The second-order valence-electron chi connectivity index (χ2n) is 5.71. The number of alkyl halides is 1. The summed E-state index contributed by atoms with van der Waals surface area (Å²) in [6.07, 6.45) is 3.22. The lowest BCUT2D eigenvalue weighted by Gasteiger charge is -2.37. The van der Waals surface area contributed by atoms with Crippen molar-refractivity contribution in [3.63, 3.8) is 0 Å². The van der Waals surface area contributed by atoms with Crippen LogP contribution in [0.15, 0.2) is 0 Å². The molecule has 1 N–H and O–H groups in total. The molecule has 1 unspecified atom stereocenters. The number of rotatable bonds is 3. The van der Waals surface area contributed by atoms with Gasteiger partial charge in [-0.05, 0) is 33.2 Å². The maximum absolute atomic E-state index is 12.1. The van der Waals surface area contributed by atoms with E-state index in [0.717, 1.165) is 45.2 Å². The van der Waals surface area contributed by atoms with Crippen molar-refractivity contribution in [3.8, 4) is 0 Å². The Morgan fingerprint density at radius 3 is 2.42 bits per heavy atom. The summed E-state index contributed by atoms with van der Waals surface area (Å²) in [4.78, 5) is 12.2. The second-order valence-corrected chi connectivity index (χ2v) is 6.28. The van der Waals surface area contributed by atoms with Gasteiger partial charge in [-0.1, -0.05) is 12.8 Å². The zero-order valence-corrected chi connectivity index (χ0v) is 12.8. The van der Waals surface area contributed by atoms with Gasteiger partial charge in [0.05, 0.1) is 6.54 Å². The third-order valence-electron chi connectivity index (χ3n) is 3.79. The van der Waals surface area contributed by atoms with E-state index in [9.17, 15) is 9.18 Å². The lowest BCUT2D eigenvalue weighted by molar-refractivity contribution is -0.107. The summed E-state index contributed by atoms with van der Waals surface area (Å²) in [5, 5.41) is 3.24. The maximum atomic E-state index is 12.1. The molecule has 112 valence electrons. The first kappa shape index (κ1) is 16.9. The molecule has 0 aliphatic carbocycles. The Labute approximate surface area is 121 Å². The van der Waals surface area contributed by atoms with Crippen LogP contribution in [-0.2, 0) is 4.79 Å². The summed E-state index contributed by atoms with van der Waals surface area (Å²) in [5.74, 6) is 0. The van der Waals surface area contributed by atoms with Gasteiger partial charge in [-0.25, -0.2) is 4.39 Å². The molecule has 0 radical (unpaired) electrons. The summed E-state index contributed by atoms with van der Waals surface area (Å²) in [5.41, 5.74) is 0.139. The van der Waals surface area contributed by atoms with E-state index in [1.54, 1.807) is 0 Å². The number of nitrogens with one attached hydrogen (secondary N) is 1. The fraction of sp³-hybridized carbons (Fsp3) is 0.923. The highest BCUT2D eigenvalue weighted by atomic mass is 32.1. The molecule has 2 aliphatic heterocycles. The highest BCUT2D eigenvalue weighted by Crippen LogP contribution is 2.21. The minimum absolute atomic E-state index is 0.139. The van der Waals surface area contributed by atoms with Gasteiger partial charge in [-0.2, -0.15) is 0 Å². The van der Waals surface area contributed by atoms with Crippen molar-refractivity contribution in [2.75, 3.05) is 39.8 Å². The molecule has 2 aliphatic rings. The Kier molecular flexibility index (Phi) is 7.28. The summed E-state index contributed by atoms with van der Waals surface area (Å²) in [7, 11) is 1.94. The van der Waals surface area contributed by atoms with E-state index in [4.69, 9.17) is 0 Å². The van der Waals surface area contributed by atoms with Crippen LogP contribution in [0.4, 0.5) is 4.39 Å². The number of carbonyl (C=O) groups is 1. The SMILES string of the molecule is CC1(NCC=O)CCN(S)CC1.CN1CCC(F)C1. The Bertz CT molecular complexity index is 265. The number of hydrogen-bond acceptors (Lipinski definition) is 5. The molecular formula is C13H26FN3OS. The largest absolute Gasteiger partial charge is 0.305 e. The van der Waals surface area contributed by atoms with Gasteiger partial charge in [0.25, 0.3) is 0 Å². The Balaban J connectivity index is 0.000000218. The van der Waals surface area contributed by atoms with Gasteiger partial charge in [0.15, 0.2) is 0 Å². The molecule has 19 heavy (non-hydrogen) atoms. The van der Waals surface area contributed by atoms with Gasteiger partial charge in [0, 0.05) is 31.7 Å². The van der Waals surface area contributed by atoms with E-state index in [1.807, 2.05) is 16.3 Å². The van der Waals surface area contributed by atoms with Crippen LogP contribution in [0, 0.1) is 0 Å². The van der Waals surface area contributed by atoms with Crippen molar-refractivity contribution in [2.45, 2.75) is 37.9 Å². The van der Waals surface area contributed by atoms with Gasteiger partial charge in [0.1, 0.15) is 12.5 Å². The minimum atomic E-state index is -0.551. The Morgan fingerprint density at radius 1 is 1.42 bits per heavy atom. The van der Waals surface area contributed by atoms with E-state index in [0.29, 0.717) is 13.1 Å². The number of halogens is 1. The molecule has 2 saturated heterocycles. The average Bonchev–Trinajstić information content (AvgIpc) is 2.76. The minimum Gasteiger partial charge on any atom is -0.305 e. The summed E-state index contributed by atoms with van der Waals surface area (Å²) in [6.45, 7) is 6.18. The third kappa shape index (κ3) is 6.70. The molecule has 0 amide bonds. The number of nitrogens with zero attached hydrogens (tertiary/aromatic N) is 2. The number of hydrogen-bond donors (Lipinski definition) is 2. The normalized spacial score (nSPS) is 27.7. The number of thiol groups is 1. The van der Waals surface area contributed by atoms with Crippen LogP contribution in [0.5, 0.6) is 0 Å². The van der Waals surface area contributed by atoms with E-state index in [2.05, 4.69) is 25.1 Å². The molecule has 6 heteroatoms. The van der Waals surface area contributed by atoms with Gasteiger partial charge in [-0.15, -0.1) is 0 Å². The molecule has 0 aromatic carbocycles. The Hall–Kier alpha value is -0.170.